The molecule has 0 aromatic heterocycles. The van der Waals surface area contributed by atoms with Crippen molar-refractivity contribution in [2.24, 2.45) is 4.99 Å². The maximum atomic E-state index is 13.4. The number of rotatable bonds is 6. The average Bonchev–Trinajstić information content (AvgIpc) is 2.52. The average molecular weight is 494 g/mol. The number of hydrogen-bond donors (Lipinski definition) is 3. The maximum absolute atomic E-state index is 13.4. The van der Waals surface area contributed by atoms with Gasteiger partial charge in [-0.1, -0.05) is 26.0 Å². The van der Waals surface area contributed by atoms with Gasteiger partial charge in [0, 0.05) is 32.1 Å². The standard InChI is InChI=1S/C19H31FN4O2.HI/c1-18(2,3)26-17(25)23-11-10-22-16(21-6)24-13-19(4,5)14-8-7-9-15(20)12-14;/h7-9,12H,10-11,13H2,1-6H3,(H,23,25)(H2,21,22,24);1H. The minimum atomic E-state index is -0.516. The lowest BCUT2D eigenvalue weighted by Crippen LogP contribution is -2.45. The third-order valence-corrected chi connectivity index (χ3v) is 3.61. The van der Waals surface area contributed by atoms with Crippen molar-refractivity contribution in [2.45, 2.75) is 45.6 Å². The fourth-order valence-corrected chi connectivity index (χ4v) is 2.20. The maximum Gasteiger partial charge on any atom is 0.407 e. The van der Waals surface area contributed by atoms with Gasteiger partial charge >= 0.3 is 6.09 Å². The first-order chi connectivity index (χ1) is 12.0. The van der Waals surface area contributed by atoms with Gasteiger partial charge in [0.2, 0.25) is 0 Å². The Bertz CT molecular complexity index is 630. The van der Waals surface area contributed by atoms with E-state index in [9.17, 15) is 9.18 Å². The third kappa shape index (κ3) is 10.4. The molecule has 6 nitrogen and oxygen atoms in total. The minimum absolute atomic E-state index is 0. The van der Waals surface area contributed by atoms with Gasteiger partial charge in [0.1, 0.15) is 11.4 Å². The second-order valence-corrected chi connectivity index (χ2v) is 7.68. The fraction of sp³-hybridized carbons (Fsp3) is 0.579. The van der Waals surface area contributed by atoms with Crippen LogP contribution in [0.1, 0.15) is 40.2 Å². The number of carbonyl (C=O) groups is 1. The molecule has 0 radical (unpaired) electrons. The van der Waals surface area contributed by atoms with E-state index in [0.29, 0.717) is 25.6 Å². The molecule has 0 saturated heterocycles. The number of amides is 1. The van der Waals surface area contributed by atoms with Crippen LogP contribution in [0.15, 0.2) is 29.3 Å². The van der Waals surface area contributed by atoms with Crippen LogP contribution in [0.4, 0.5) is 9.18 Å². The summed E-state index contributed by atoms with van der Waals surface area (Å²) in [5.74, 6) is 0.367. The van der Waals surface area contributed by atoms with E-state index in [1.165, 1.54) is 6.07 Å². The summed E-state index contributed by atoms with van der Waals surface area (Å²) in [4.78, 5) is 15.7. The van der Waals surface area contributed by atoms with Crippen molar-refractivity contribution in [3.8, 4) is 0 Å². The van der Waals surface area contributed by atoms with Crippen LogP contribution in [0.25, 0.3) is 0 Å². The van der Waals surface area contributed by atoms with Gasteiger partial charge in [0.15, 0.2) is 5.96 Å². The number of ether oxygens (including phenoxy) is 1. The van der Waals surface area contributed by atoms with E-state index in [0.717, 1.165) is 5.56 Å². The molecule has 1 aromatic rings. The van der Waals surface area contributed by atoms with Crippen LogP contribution in [-0.2, 0) is 10.2 Å². The van der Waals surface area contributed by atoms with Crippen LogP contribution in [0.5, 0.6) is 0 Å². The number of nitrogens with one attached hydrogen (secondary N) is 3. The number of hydrogen-bond acceptors (Lipinski definition) is 3. The molecule has 0 bridgehead atoms. The van der Waals surface area contributed by atoms with Gasteiger partial charge in [-0.25, -0.2) is 9.18 Å². The third-order valence-electron chi connectivity index (χ3n) is 3.61. The molecule has 0 heterocycles. The van der Waals surface area contributed by atoms with E-state index in [1.807, 2.05) is 40.7 Å². The fourth-order valence-electron chi connectivity index (χ4n) is 2.20. The monoisotopic (exact) mass is 494 g/mol. The van der Waals surface area contributed by atoms with Crippen LogP contribution < -0.4 is 16.0 Å². The van der Waals surface area contributed by atoms with E-state index >= 15 is 0 Å². The lowest BCUT2D eigenvalue weighted by Gasteiger charge is -2.27. The molecule has 1 aromatic carbocycles. The van der Waals surface area contributed by atoms with Crippen molar-refractivity contribution in [1.29, 1.82) is 0 Å². The molecule has 154 valence electrons. The van der Waals surface area contributed by atoms with Crippen molar-refractivity contribution in [3.63, 3.8) is 0 Å². The normalized spacial score (nSPS) is 12.0. The lowest BCUT2D eigenvalue weighted by atomic mass is 9.84. The van der Waals surface area contributed by atoms with Crippen LogP contribution in [0, 0.1) is 5.82 Å². The Morgan fingerprint density at radius 3 is 2.30 bits per heavy atom. The second kappa shape index (κ2) is 11.3. The van der Waals surface area contributed by atoms with E-state index in [1.54, 1.807) is 19.2 Å². The summed E-state index contributed by atoms with van der Waals surface area (Å²) in [6.07, 6.45) is -0.450. The molecule has 0 aliphatic rings. The number of carbonyl (C=O) groups excluding carboxylic acids is 1. The van der Waals surface area contributed by atoms with Gasteiger partial charge in [-0.15, -0.1) is 24.0 Å². The number of aliphatic imine (C=N–C) groups is 1. The molecular weight excluding hydrogens is 462 g/mol. The minimum Gasteiger partial charge on any atom is -0.444 e. The molecule has 0 fully saturated rings. The number of benzene rings is 1. The predicted octanol–water partition coefficient (Wildman–Crippen LogP) is 3.41. The molecule has 0 spiro atoms. The smallest absolute Gasteiger partial charge is 0.407 e. The summed E-state index contributed by atoms with van der Waals surface area (Å²) in [5, 5.41) is 9.02. The highest BCUT2D eigenvalue weighted by Gasteiger charge is 2.21. The molecule has 1 amide bonds. The summed E-state index contributed by atoms with van der Waals surface area (Å²) < 4.78 is 18.6. The van der Waals surface area contributed by atoms with Gasteiger partial charge in [0.25, 0.3) is 0 Å². The van der Waals surface area contributed by atoms with Crippen LogP contribution >= 0.6 is 24.0 Å². The lowest BCUT2D eigenvalue weighted by molar-refractivity contribution is 0.0529. The Hall–Kier alpha value is -1.58. The molecule has 3 N–H and O–H groups in total. The van der Waals surface area contributed by atoms with E-state index < -0.39 is 11.7 Å². The summed E-state index contributed by atoms with van der Waals surface area (Å²) in [7, 11) is 1.67. The Morgan fingerprint density at radius 1 is 1.11 bits per heavy atom. The number of guanidine groups is 1. The van der Waals surface area contributed by atoms with Gasteiger partial charge in [-0.05, 0) is 38.5 Å². The van der Waals surface area contributed by atoms with Crippen LogP contribution in [0.2, 0.25) is 0 Å². The molecule has 8 heteroatoms. The zero-order chi connectivity index (χ0) is 19.8. The number of nitrogens with zero attached hydrogens (tertiary/aromatic N) is 1. The zero-order valence-electron chi connectivity index (χ0n) is 17.0. The van der Waals surface area contributed by atoms with E-state index in [2.05, 4.69) is 20.9 Å². The van der Waals surface area contributed by atoms with Gasteiger partial charge in [0.05, 0.1) is 0 Å². The first kappa shape index (κ1) is 25.4. The topological polar surface area (TPSA) is 74.8 Å². The van der Waals surface area contributed by atoms with E-state index in [-0.39, 0.29) is 35.2 Å². The van der Waals surface area contributed by atoms with Crippen molar-refractivity contribution in [1.82, 2.24) is 16.0 Å². The second-order valence-electron chi connectivity index (χ2n) is 7.68. The van der Waals surface area contributed by atoms with Gasteiger partial charge < -0.3 is 20.7 Å². The molecule has 1 rings (SSSR count). The van der Waals surface area contributed by atoms with Crippen molar-refractivity contribution in [2.75, 3.05) is 26.7 Å². The Morgan fingerprint density at radius 2 is 1.74 bits per heavy atom. The molecule has 27 heavy (non-hydrogen) atoms. The molecule has 0 atom stereocenters. The molecule has 0 aliphatic heterocycles. The Balaban J connectivity index is 0.00000676. The zero-order valence-corrected chi connectivity index (χ0v) is 19.3. The molecule has 0 aliphatic carbocycles. The van der Waals surface area contributed by atoms with Gasteiger partial charge in [-0.3, -0.25) is 4.99 Å². The van der Waals surface area contributed by atoms with E-state index in [4.69, 9.17) is 4.74 Å². The van der Waals surface area contributed by atoms with Gasteiger partial charge in [-0.2, -0.15) is 0 Å². The molecule has 0 unspecified atom stereocenters. The summed E-state index contributed by atoms with van der Waals surface area (Å²) in [6.45, 7) is 11.0. The predicted molar refractivity (Wildman–Crippen MR) is 118 cm³/mol. The SMILES string of the molecule is CN=C(NCCNC(=O)OC(C)(C)C)NCC(C)(C)c1cccc(F)c1.I. The first-order valence-electron chi connectivity index (χ1n) is 8.71. The highest BCUT2D eigenvalue weighted by molar-refractivity contribution is 14.0. The quantitative estimate of drug-likeness (QED) is 0.245. The van der Waals surface area contributed by atoms with Crippen molar-refractivity contribution in [3.05, 3.63) is 35.6 Å². The largest absolute Gasteiger partial charge is 0.444 e. The van der Waals surface area contributed by atoms with Crippen molar-refractivity contribution >= 4 is 36.0 Å². The number of halogens is 2. The molecular formula is C19H32FIN4O2. The van der Waals surface area contributed by atoms with Crippen LogP contribution in [0.3, 0.4) is 0 Å². The van der Waals surface area contributed by atoms with Crippen molar-refractivity contribution < 1.29 is 13.9 Å². The highest BCUT2D eigenvalue weighted by atomic mass is 127. The summed E-state index contributed by atoms with van der Waals surface area (Å²) in [5.41, 5.74) is 0.124. The summed E-state index contributed by atoms with van der Waals surface area (Å²) in [6, 6.07) is 6.60. The Labute approximate surface area is 178 Å². The highest BCUT2D eigenvalue weighted by Crippen LogP contribution is 2.22. The Kier molecular flexibility index (Phi) is 10.6. The summed E-state index contributed by atoms with van der Waals surface area (Å²) >= 11 is 0. The number of alkyl carbamates (subject to hydrolysis) is 1. The first-order valence-corrected chi connectivity index (χ1v) is 8.71. The molecule has 0 saturated carbocycles. The van der Waals surface area contributed by atoms with Crippen LogP contribution in [-0.4, -0.2) is 44.3 Å².